The molecule has 152 valence electrons. The van der Waals surface area contributed by atoms with Gasteiger partial charge in [0.15, 0.2) is 0 Å². The Bertz CT molecular complexity index is 919. The van der Waals surface area contributed by atoms with Crippen LogP contribution >= 0.6 is 15.9 Å². The minimum Gasteiger partial charge on any atom is -0.373 e. The van der Waals surface area contributed by atoms with E-state index in [4.69, 9.17) is 4.74 Å². The molecule has 3 rings (SSSR count). The number of halogens is 1. The number of carbonyl (C=O) groups is 1. The van der Waals surface area contributed by atoms with Crippen LogP contribution in [0.5, 0.6) is 0 Å². The first-order valence-electron chi connectivity index (χ1n) is 8.97. The summed E-state index contributed by atoms with van der Waals surface area (Å²) in [6.07, 6.45) is 2.78. The van der Waals surface area contributed by atoms with Gasteiger partial charge < -0.3 is 10.1 Å². The summed E-state index contributed by atoms with van der Waals surface area (Å²) in [6, 6.07) is 7.51. The van der Waals surface area contributed by atoms with E-state index in [1.165, 1.54) is 10.5 Å². The number of amides is 1. The smallest absolute Gasteiger partial charge is 0.254 e. The van der Waals surface area contributed by atoms with Crippen LogP contribution in [0.25, 0.3) is 5.69 Å². The normalized spacial score (nSPS) is 20.8. The van der Waals surface area contributed by atoms with Crippen molar-refractivity contribution in [2.75, 3.05) is 25.4 Å². The molecule has 1 N–H and O–H groups in total. The Morgan fingerprint density at radius 2 is 1.89 bits per heavy atom. The average molecular weight is 471 g/mol. The number of morpholine rings is 1. The minimum atomic E-state index is -3.46. The van der Waals surface area contributed by atoms with Crippen molar-refractivity contribution in [1.29, 1.82) is 0 Å². The predicted molar refractivity (Wildman–Crippen MR) is 109 cm³/mol. The van der Waals surface area contributed by atoms with Crippen molar-refractivity contribution in [2.24, 2.45) is 0 Å². The molecule has 10 heteroatoms. The van der Waals surface area contributed by atoms with Crippen LogP contribution in [0.3, 0.4) is 0 Å². The Kier molecular flexibility index (Phi) is 6.54. The van der Waals surface area contributed by atoms with Gasteiger partial charge in [-0.05, 0) is 38.1 Å². The third kappa shape index (κ3) is 5.19. The molecule has 1 aliphatic rings. The molecule has 0 aliphatic carbocycles. The summed E-state index contributed by atoms with van der Waals surface area (Å²) in [6.45, 7) is 4.40. The second kappa shape index (κ2) is 8.73. The summed E-state index contributed by atoms with van der Waals surface area (Å²) >= 11 is 3.37. The molecule has 0 spiro atoms. The number of rotatable bonds is 6. The van der Waals surface area contributed by atoms with Crippen LogP contribution in [0, 0.1) is 0 Å². The second-order valence-corrected chi connectivity index (χ2v) is 9.80. The van der Waals surface area contributed by atoms with Crippen LogP contribution in [-0.4, -0.2) is 66.0 Å². The fourth-order valence-electron chi connectivity index (χ4n) is 3.06. The van der Waals surface area contributed by atoms with E-state index in [-0.39, 0.29) is 30.4 Å². The first-order valence-corrected chi connectivity index (χ1v) is 11.4. The number of aromatic nitrogens is 2. The zero-order chi connectivity index (χ0) is 20.3. The Hall–Kier alpha value is -1.75. The van der Waals surface area contributed by atoms with Gasteiger partial charge in [-0.2, -0.15) is 9.40 Å². The fraction of sp³-hybridized carbons (Fsp3) is 0.444. The summed E-state index contributed by atoms with van der Waals surface area (Å²) in [5.74, 6) is -0.513. The monoisotopic (exact) mass is 470 g/mol. The number of nitrogens with zero attached hydrogens (tertiary/aromatic N) is 3. The van der Waals surface area contributed by atoms with E-state index in [0.29, 0.717) is 18.7 Å². The average Bonchev–Trinajstić information content (AvgIpc) is 3.11. The van der Waals surface area contributed by atoms with E-state index in [0.717, 1.165) is 10.2 Å². The van der Waals surface area contributed by atoms with Gasteiger partial charge in [-0.15, -0.1) is 0 Å². The Balaban J connectivity index is 1.55. The van der Waals surface area contributed by atoms with Gasteiger partial charge in [-0.3, -0.25) is 4.79 Å². The van der Waals surface area contributed by atoms with Crippen LogP contribution in [0.15, 0.2) is 41.1 Å². The van der Waals surface area contributed by atoms with Gasteiger partial charge in [0.2, 0.25) is 10.0 Å². The summed E-state index contributed by atoms with van der Waals surface area (Å²) in [7, 11) is -3.46. The molecule has 1 aromatic carbocycles. The Morgan fingerprint density at radius 1 is 1.25 bits per heavy atom. The third-order valence-corrected chi connectivity index (χ3v) is 6.69. The molecule has 1 saturated heterocycles. The SMILES string of the molecule is CC1CN(S(=O)(=O)CCNC(=O)c2cnn(-c3ccc(Br)cc3)c2)CC(C)O1. The molecule has 2 heterocycles. The van der Waals surface area contributed by atoms with Gasteiger partial charge in [-0.1, -0.05) is 15.9 Å². The van der Waals surface area contributed by atoms with Gasteiger partial charge in [0.1, 0.15) is 0 Å². The number of hydrogen-bond acceptors (Lipinski definition) is 5. The predicted octanol–water partition coefficient (Wildman–Crippen LogP) is 1.80. The van der Waals surface area contributed by atoms with Gasteiger partial charge in [0.05, 0.1) is 35.4 Å². The molecule has 2 atom stereocenters. The van der Waals surface area contributed by atoms with E-state index >= 15 is 0 Å². The van der Waals surface area contributed by atoms with Gasteiger partial charge >= 0.3 is 0 Å². The molecular formula is C18H23BrN4O4S. The highest BCUT2D eigenvalue weighted by molar-refractivity contribution is 9.10. The summed E-state index contributed by atoms with van der Waals surface area (Å²) in [5.41, 5.74) is 1.19. The highest BCUT2D eigenvalue weighted by Gasteiger charge is 2.30. The van der Waals surface area contributed by atoms with Crippen molar-refractivity contribution in [3.8, 4) is 5.69 Å². The van der Waals surface area contributed by atoms with Crippen molar-refractivity contribution in [3.05, 3.63) is 46.7 Å². The van der Waals surface area contributed by atoms with Gasteiger partial charge in [-0.25, -0.2) is 13.1 Å². The van der Waals surface area contributed by atoms with Crippen LogP contribution in [-0.2, 0) is 14.8 Å². The summed E-state index contributed by atoms with van der Waals surface area (Å²) in [5, 5.41) is 6.84. The lowest BCUT2D eigenvalue weighted by Crippen LogP contribution is -2.49. The zero-order valence-corrected chi connectivity index (χ0v) is 18.1. The molecule has 1 amide bonds. The second-order valence-electron chi connectivity index (χ2n) is 6.80. The molecule has 28 heavy (non-hydrogen) atoms. The maximum absolute atomic E-state index is 12.5. The lowest BCUT2D eigenvalue weighted by atomic mass is 10.3. The Labute approximate surface area is 173 Å². The minimum absolute atomic E-state index is 0.0325. The standard InChI is InChI=1S/C18H23BrN4O4S/c1-13-10-22(11-14(2)27-13)28(25,26)8-7-20-18(24)15-9-21-23(12-15)17-5-3-16(19)4-6-17/h3-6,9,12-14H,7-8,10-11H2,1-2H3,(H,20,24). The number of ether oxygens (including phenoxy) is 1. The highest BCUT2D eigenvalue weighted by Crippen LogP contribution is 2.15. The van der Waals surface area contributed by atoms with Crippen molar-refractivity contribution in [1.82, 2.24) is 19.4 Å². The largest absolute Gasteiger partial charge is 0.373 e. The van der Waals surface area contributed by atoms with E-state index in [2.05, 4.69) is 26.3 Å². The molecule has 8 nitrogen and oxygen atoms in total. The van der Waals surface area contributed by atoms with Crippen molar-refractivity contribution >= 4 is 31.9 Å². The number of nitrogens with one attached hydrogen (secondary N) is 1. The van der Waals surface area contributed by atoms with Crippen molar-refractivity contribution in [3.63, 3.8) is 0 Å². The van der Waals surface area contributed by atoms with E-state index in [9.17, 15) is 13.2 Å². The molecule has 0 bridgehead atoms. The van der Waals surface area contributed by atoms with Gasteiger partial charge in [0, 0.05) is 30.3 Å². The fourth-order valence-corrected chi connectivity index (χ4v) is 4.81. The van der Waals surface area contributed by atoms with Crippen molar-refractivity contribution < 1.29 is 17.9 Å². The molecule has 1 fully saturated rings. The van der Waals surface area contributed by atoms with E-state index in [1.807, 2.05) is 38.1 Å². The maximum atomic E-state index is 12.5. The quantitative estimate of drug-likeness (QED) is 0.694. The zero-order valence-electron chi connectivity index (χ0n) is 15.7. The van der Waals surface area contributed by atoms with Crippen molar-refractivity contribution in [2.45, 2.75) is 26.1 Å². The summed E-state index contributed by atoms with van der Waals surface area (Å²) in [4.78, 5) is 12.3. The summed E-state index contributed by atoms with van der Waals surface area (Å²) < 4.78 is 34.6. The molecule has 2 aromatic rings. The molecule has 1 aliphatic heterocycles. The van der Waals surface area contributed by atoms with Crippen LogP contribution in [0.2, 0.25) is 0 Å². The number of benzene rings is 1. The first kappa shape index (κ1) is 21.0. The molecule has 1 aromatic heterocycles. The molecule has 2 unspecified atom stereocenters. The third-order valence-electron chi connectivity index (χ3n) is 4.36. The van der Waals surface area contributed by atoms with Crippen LogP contribution < -0.4 is 5.32 Å². The first-order chi connectivity index (χ1) is 13.2. The van der Waals surface area contributed by atoms with E-state index < -0.39 is 10.0 Å². The van der Waals surface area contributed by atoms with E-state index in [1.54, 1.807) is 10.9 Å². The number of hydrogen-bond donors (Lipinski definition) is 1. The topological polar surface area (TPSA) is 93.5 Å². The van der Waals surface area contributed by atoms with Crippen LogP contribution in [0.1, 0.15) is 24.2 Å². The molecule has 0 radical (unpaired) electrons. The maximum Gasteiger partial charge on any atom is 0.254 e. The molecule has 0 saturated carbocycles. The number of sulfonamides is 1. The Morgan fingerprint density at radius 3 is 2.54 bits per heavy atom. The number of carbonyl (C=O) groups excluding carboxylic acids is 1. The van der Waals surface area contributed by atoms with Gasteiger partial charge in [0.25, 0.3) is 5.91 Å². The molecular weight excluding hydrogens is 448 g/mol. The van der Waals surface area contributed by atoms with Crippen LogP contribution in [0.4, 0.5) is 0 Å². The lowest BCUT2D eigenvalue weighted by Gasteiger charge is -2.34. The lowest BCUT2D eigenvalue weighted by molar-refractivity contribution is -0.0440. The highest BCUT2D eigenvalue weighted by atomic mass is 79.9.